The second kappa shape index (κ2) is 8.71. The molecule has 0 spiro atoms. The Hall–Kier alpha value is -2.54. The van der Waals surface area contributed by atoms with Crippen LogP contribution in [0.25, 0.3) is 10.8 Å². The molecule has 3 aromatic rings. The van der Waals surface area contributed by atoms with Crippen LogP contribution in [0.2, 0.25) is 0 Å². The molecule has 0 aliphatic rings. The third kappa shape index (κ3) is 4.76. The molecule has 0 unspecified atom stereocenters. The third-order valence-electron chi connectivity index (χ3n) is 4.02. The molecule has 0 saturated heterocycles. The number of rotatable bonds is 6. The fourth-order valence-electron chi connectivity index (χ4n) is 2.59. The van der Waals surface area contributed by atoms with E-state index < -0.39 is 0 Å². The van der Waals surface area contributed by atoms with Crippen LogP contribution in [-0.4, -0.2) is 35.9 Å². The maximum atomic E-state index is 5.84. The SMILES string of the molecule is CN=C(NCCOc1ccc2cc(Br)ccc2c1)NCc1ccnn1C. The van der Waals surface area contributed by atoms with E-state index >= 15 is 0 Å². The number of aromatic nitrogens is 2. The van der Waals surface area contributed by atoms with Crippen LogP contribution in [0, 0.1) is 0 Å². The molecule has 26 heavy (non-hydrogen) atoms. The molecule has 0 aliphatic heterocycles. The molecule has 7 heteroatoms. The molecule has 0 bridgehead atoms. The van der Waals surface area contributed by atoms with Gasteiger partial charge in [0.1, 0.15) is 12.4 Å². The molecule has 0 fully saturated rings. The van der Waals surface area contributed by atoms with Crippen LogP contribution < -0.4 is 15.4 Å². The van der Waals surface area contributed by atoms with Gasteiger partial charge in [-0.15, -0.1) is 0 Å². The lowest BCUT2D eigenvalue weighted by atomic mass is 10.1. The summed E-state index contributed by atoms with van der Waals surface area (Å²) in [6.07, 6.45) is 1.78. The van der Waals surface area contributed by atoms with Crippen LogP contribution in [0.4, 0.5) is 0 Å². The number of hydrogen-bond acceptors (Lipinski definition) is 3. The van der Waals surface area contributed by atoms with E-state index in [9.17, 15) is 0 Å². The van der Waals surface area contributed by atoms with Crippen molar-refractivity contribution in [1.29, 1.82) is 0 Å². The van der Waals surface area contributed by atoms with Crippen molar-refractivity contribution in [3.8, 4) is 5.75 Å². The molecule has 2 aromatic carbocycles. The standard InChI is InChI=1S/C19H22BrN5O/c1-21-19(23-13-17-7-8-24-25(17)2)22-9-10-26-18-6-4-14-11-16(20)5-3-15(14)12-18/h3-8,11-12H,9-10,13H2,1-2H3,(H2,21,22,23). The van der Waals surface area contributed by atoms with Crippen LogP contribution in [-0.2, 0) is 13.6 Å². The summed E-state index contributed by atoms with van der Waals surface area (Å²) in [5.41, 5.74) is 1.09. The number of aliphatic imine (C=N–C) groups is 1. The van der Waals surface area contributed by atoms with Crippen LogP contribution in [0.1, 0.15) is 5.69 Å². The van der Waals surface area contributed by atoms with Gasteiger partial charge in [-0.1, -0.05) is 28.1 Å². The van der Waals surface area contributed by atoms with E-state index in [1.165, 1.54) is 5.39 Å². The largest absolute Gasteiger partial charge is 0.492 e. The lowest BCUT2D eigenvalue weighted by molar-refractivity contribution is 0.322. The normalized spacial score (nSPS) is 11.6. The Morgan fingerprint density at radius 1 is 1.15 bits per heavy atom. The maximum Gasteiger partial charge on any atom is 0.191 e. The molecule has 6 nitrogen and oxygen atoms in total. The topological polar surface area (TPSA) is 63.5 Å². The van der Waals surface area contributed by atoms with Crippen molar-refractivity contribution in [3.63, 3.8) is 0 Å². The lowest BCUT2D eigenvalue weighted by Gasteiger charge is -2.13. The highest BCUT2D eigenvalue weighted by Crippen LogP contribution is 2.23. The fraction of sp³-hybridized carbons (Fsp3) is 0.263. The highest BCUT2D eigenvalue weighted by Gasteiger charge is 2.02. The monoisotopic (exact) mass is 415 g/mol. The molecule has 0 saturated carbocycles. The van der Waals surface area contributed by atoms with Gasteiger partial charge in [-0.2, -0.15) is 5.10 Å². The second-order valence-corrected chi connectivity index (χ2v) is 6.72. The van der Waals surface area contributed by atoms with E-state index in [1.807, 2.05) is 29.9 Å². The van der Waals surface area contributed by atoms with Crippen molar-refractivity contribution in [2.45, 2.75) is 6.54 Å². The Balaban J connectivity index is 1.45. The third-order valence-corrected chi connectivity index (χ3v) is 4.51. The summed E-state index contributed by atoms with van der Waals surface area (Å²) in [6.45, 7) is 1.87. The summed E-state index contributed by atoms with van der Waals surface area (Å²) in [4.78, 5) is 4.22. The summed E-state index contributed by atoms with van der Waals surface area (Å²) in [7, 11) is 3.67. The van der Waals surface area contributed by atoms with Crippen LogP contribution in [0.15, 0.2) is 58.1 Å². The summed E-state index contributed by atoms with van der Waals surface area (Å²) in [5, 5.41) is 13.0. The zero-order valence-corrected chi connectivity index (χ0v) is 16.5. The highest BCUT2D eigenvalue weighted by atomic mass is 79.9. The number of guanidine groups is 1. The van der Waals surface area contributed by atoms with Gasteiger partial charge in [-0.25, -0.2) is 0 Å². The number of benzene rings is 2. The molecule has 136 valence electrons. The van der Waals surface area contributed by atoms with E-state index in [0.717, 1.165) is 27.3 Å². The zero-order chi connectivity index (χ0) is 18.4. The van der Waals surface area contributed by atoms with E-state index in [2.05, 4.69) is 60.9 Å². The first kappa shape index (κ1) is 18.3. The van der Waals surface area contributed by atoms with Gasteiger partial charge in [0.25, 0.3) is 0 Å². The first-order valence-electron chi connectivity index (χ1n) is 8.39. The van der Waals surface area contributed by atoms with Crippen LogP contribution in [0.3, 0.4) is 0 Å². The van der Waals surface area contributed by atoms with Gasteiger partial charge in [0.2, 0.25) is 0 Å². The molecule has 0 atom stereocenters. The van der Waals surface area contributed by atoms with Gasteiger partial charge in [-0.3, -0.25) is 9.67 Å². The summed E-state index contributed by atoms with van der Waals surface area (Å²) in [5.74, 6) is 1.60. The minimum absolute atomic E-state index is 0.550. The number of fused-ring (bicyclic) bond motifs is 1. The predicted octanol–water partition coefficient (Wildman–Crippen LogP) is 3.08. The van der Waals surface area contributed by atoms with Gasteiger partial charge in [0.05, 0.1) is 18.8 Å². The van der Waals surface area contributed by atoms with Gasteiger partial charge in [0.15, 0.2) is 5.96 Å². The van der Waals surface area contributed by atoms with Gasteiger partial charge < -0.3 is 15.4 Å². The number of nitrogens with zero attached hydrogens (tertiary/aromatic N) is 3. The van der Waals surface area contributed by atoms with Crippen LogP contribution >= 0.6 is 15.9 Å². The molecule has 2 N–H and O–H groups in total. The quantitative estimate of drug-likeness (QED) is 0.368. The molecule has 1 aromatic heterocycles. The Kier molecular flexibility index (Phi) is 6.12. The van der Waals surface area contributed by atoms with E-state index in [-0.39, 0.29) is 0 Å². The fourth-order valence-corrected chi connectivity index (χ4v) is 2.97. The zero-order valence-electron chi connectivity index (χ0n) is 14.9. The smallest absolute Gasteiger partial charge is 0.191 e. The molecular formula is C19H22BrN5O. The van der Waals surface area contributed by atoms with Crippen molar-refractivity contribution >= 4 is 32.7 Å². The highest BCUT2D eigenvalue weighted by molar-refractivity contribution is 9.10. The molecule has 0 amide bonds. The maximum absolute atomic E-state index is 5.84. The Labute approximate surface area is 161 Å². The average molecular weight is 416 g/mol. The first-order valence-corrected chi connectivity index (χ1v) is 9.18. The Morgan fingerprint density at radius 3 is 2.73 bits per heavy atom. The van der Waals surface area contributed by atoms with E-state index in [0.29, 0.717) is 19.7 Å². The van der Waals surface area contributed by atoms with Crippen molar-refractivity contribution < 1.29 is 4.74 Å². The number of nitrogens with one attached hydrogen (secondary N) is 2. The molecule has 1 heterocycles. The van der Waals surface area contributed by atoms with Gasteiger partial charge >= 0.3 is 0 Å². The Morgan fingerprint density at radius 2 is 1.96 bits per heavy atom. The van der Waals surface area contributed by atoms with E-state index in [1.54, 1.807) is 13.2 Å². The van der Waals surface area contributed by atoms with Gasteiger partial charge in [-0.05, 0) is 41.1 Å². The number of hydrogen-bond donors (Lipinski definition) is 2. The molecule has 0 aliphatic carbocycles. The number of ether oxygens (including phenoxy) is 1. The predicted molar refractivity (Wildman–Crippen MR) is 109 cm³/mol. The van der Waals surface area contributed by atoms with Gasteiger partial charge in [0, 0.05) is 24.8 Å². The average Bonchev–Trinajstić information content (AvgIpc) is 3.06. The van der Waals surface area contributed by atoms with Crippen LogP contribution in [0.5, 0.6) is 5.75 Å². The lowest BCUT2D eigenvalue weighted by Crippen LogP contribution is -2.39. The summed E-state index contributed by atoms with van der Waals surface area (Å²) >= 11 is 3.49. The number of aryl methyl sites for hydroxylation is 1. The minimum Gasteiger partial charge on any atom is -0.492 e. The summed E-state index contributed by atoms with van der Waals surface area (Å²) in [6, 6.07) is 14.3. The molecule has 3 rings (SSSR count). The summed E-state index contributed by atoms with van der Waals surface area (Å²) < 4.78 is 8.75. The first-order chi connectivity index (χ1) is 12.7. The molecule has 0 radical (unpaired) electrons. The van der Waals surface area contributed by atoms with Crippen molar-refractivity contribution in [3.05, 3.63) is 58.8 Å². The second-order valence-electron chi connectivity index (χ2n) is 5.80. The van der Waals surface area contributed by atoms with E-state index in [4.69, 9.17) is 4.74 Å². The Bertz CT molecular complexity index is 906. The minimum atomic E-state index is 0.550. The number of halogens is 1. The van der Waals surface area contributed by atoms with Crippen molar-refractivity contribution in [2.75, 3.05) is 20.2 Å². The molecular weight excluding hydrogens is 394 g/mol. The van der Waals surface area contributed by atoms with Crippen molar-refractivity contribution in [1.82, 2.24) is 20.4 Å². The van der Waals surface area contributed by atoms with Crippen molar-refractivity contribution in [2.24, 2.45) is 12.0 Å².